The Morgan fingerprint density at radius 2 is 2.22 bits per heavy atom. The minimum atomic E-state index is -0.615. The fourth-order valence-corrected chi connectivity index (χ4v) is 1.82. The monoisotopic (exact) mass is 250 g/mol. The third-order valence-electron chi connectivity index (χ3n) is 2.82. The molecule has 2 heterocycles. The molecule has 0 aliphatic rings. The summed E-state index contributed by atoms with van der Waals surface area (Å²) in [6.07, 6.45) is 5.02. The van der Waals surface area contributed by atoms with Crippen LogP contribution in [0.3, 0.4) is 0 Å². The third kappa shape index (κ3) is 2.06. The molecule has 0 radical (unpaired) electrons. The Kier molecular flexibility index (Phi) is 3.05. The van der Waals surface area contributed by atoms with E-state index in [-0.39, 0.29) is 17.5 Å². The second-order valence-electron chi connectivity index (χ2n) is 4.19. The highest BCUT2D eigenvalue weighted by Gasteiger charge is 2.15. The van der Waals surface area contributed by atoms with E-state index in [9.17, 15) is 14.7 Å². The van der Waals surface area contributed by atoms with Crippen molar-refractivity contribution < 1.29 is 5.11 Å². The third-order valence-corrected chi connectivity index (χ3v) is 2.82. The molecule has 7 nitrogen and oxygen atoms in total. The van der Waals surface area contributed by atoms with E-state index in [1.807, 2.05) is 0 Å². The van der Waals surface area contributed by atoms with Crippen molar-refractivity contribution in [2.75, 3.05) is 0 Å². The highest BCUT2D eigenvalue weighted by atomic mass is 16.3. The summed E-state index contributed by atoms with van der Waals surface area (Å²) in [7, 11) is 0. The van der Waals surface area contributed by atoms with Crippen molar-refractivity contribution in [3.8, 4) is 5.88 Å². The highest BCUT2D eigenvalue weighted by molar-refractivity contribution is 5.20. The Morgan fingerprint density at radius 3 is 2.83 bits per heavy atom. The van der Waals surface area contributed by atoms with Crippen molar-refractivity contribution in [2.24, 2.45) is 0 Å². The Bertz CT molecular complexity index is 654. The van der Waals surface area contributed by atoms with Crippen LogP contribution in [0.4, 0.5) is 0 Å². The van der Waals surface area contributed by atoms with Gasteiger partial charge in [-0.05, 0) is 13.8 Å². The summed E-state index contributed by atoms with van der Waals surface area (Å²) in [4.78, 5) is 29.1. The van der Waals surface area contributed by atoms with E-state index in [4.69, 9.17) is 0 Å². The zero-order valence-electron chi connectivity index (χ0n) is 10.1. The molecular weight excluding hydrogens is 236 g/mol. The minimum Gasteiger partial charge on any atom is -0.494 e. The average Bonchev–Trinajstić information content (AvgIpc) is 2.78. The molecule has 0 spiro atoms. The zero-order chi connectivity index (χ0) is 13.3. The van der Waals surface area contributed by atoms with Gasteiger partial charge >= 0.3 is 5.69 Å². The van der Waals surface area contributed by atoms with E-state index >= 15 is 0 Å². The molecule has 18 heavy (non-hydrogen) atoms. The lowest BCUT2D eigenvalue weighted by Crippen LogP contribution is -2.34. The van der Waals surface area contributed by atoms with Gasteiger partial charge in [-0.25, -0.2) is 9.78 Å². The van der Waals surface area contributed by atoms with E-state index in [2.05, 4.69) is 9.97 Å². The van der Waals surface area contributed by atoms with Crippen molar-refractivity contribution in [3.05, 3.63) is 45.1 Å². The Balaban J connectivity index is 2.42. The van der Waals surface area contributed by atoms with Gasteiger partial charge in [-0.1, -0.05) is 0 Å². The number of aromatic hydroxyl groups is 1. The van der Waals surface area contributed by atoms with Crippen LogP contribution in [0.25, 0.3) is 0 Å². The lowest BCUT2D eigenvalue weighted by atomic mass is 10.3. The molecular formula is C11H14N4O3. The molecule has 0 amide bonds. The molecule has 0 fully saturated rings. The topological polar surface area (TPSA) is 92.9 Å². The number of H-pyrrole nitrogens is 1. The van der Waals surface area contributed by atoms with Crippen LogP contribution in [0.15, 0.2) is 28.3 Å². The second-order valence-corrected chi connectivity index (χ2v) is 4.19. The lowest BCUT2D eigenvalue weighted by Gasteiger charge is -2.17. The first-order valence-corrected chi connectivity index (χ1v) is 5.51. The standard InChI is InChI=1S/C11H14N4O3/c1-7(5-14-4-3-12-6-14)15-10(17)8(2)9(16)13-11(15)18/h3-4,6-7,17H,5H2,1-2H3,(H,13,16,18). The molecule has 0 aliphatic carbocycles. The van der Waals surface area contributed by atoms with Crippen LogP contribution in [0.2, 0.25) is 0 Å². The Morgan fingerprint density at radius 1 is 1.50 bits per heavy atom. The number of nitrogens with zero attached hydrogens (tertiary/aromatic N) is 3. The van der Waals surface area contributed by atoms with Crippen molar-refractivity contribution >= 4 is 0 Å². The number of hydrogen-bond donors (Lipinski definition) is 2. The van der Waals surface area contributed by atoms with Gasteiger partial charge in [0, 0.05) is 18.9 Å². The predicted octanol–water partition coefficient (Wildman–Crippen LogP) is 0.00832. The van der Waals surface area contributed by atoms with E-state index in [1.54, 1.807) is 30.2 Å². The van der Waals surface area contributed by atoms with E-state index in [0.29, 0.717) is 6.54 Å². The minimum absolute atomic E-state index is 0.132. The summed E-state index contributed by atoms with van der Waals surface area (Å²) >= 11 is 0. The second kappa shape index (κ2) is 4.52. The first-order valence-electron chi connectivity index (χ1n) is 5.51. The largest absolute Gasteiger partial charge is 0.494 e. The molecule has 0 saturated carbocycles. The molecule has 2 aromatic heterocycles. The van der Waals surface area contributed by atoms with Crippen molar-refractivity contribution in [1.82, 2.24) is 19.1 Å². The van der Waals surface area contributed by atoms with E-state index < -0.39 is 11.2 Å². The van der Waals surface area contributed by atoms with Gasteiger partial charge < -0.3 is 9.67 Å². The quantitative estimate of drug-likeness (QED) is 0.802. The van der Waals surface area contributed by atoms with Crippen LogP contribution in [-0.2, 0) is 6.54 Å². The number of imidazole rings is 1. The smallest absolute Gasteiger partial charge is 0.331 e. The van der Waals surface area contributed by atoms with Gasteiger partial charge in [0.25, 0.3) is 5.56 Å². The van der Waals surface area contributed by atoms with Gasteiger partial charge in [0.2, 0.25) is 5.88 Å². The van der Waals surface area contributed by atoms with E-state index in [0.717, 1.165) is 4.57 Å². The fourth-order valence-electron chi connectivity index (χ4n) is 1.82. The summed E-state index contributed by atoms with van der Waals surface area (Å²) in [6.45, 7) is 3.71. The molecule has 7 heteroatoms. The van der Waals surface area contributed by atoms with Gasteiger partial charge in [-0.2, -0.15) is 0 Å². The summed E-state index contributed by atoms with van der Waals surface area (Å²) in [6, 6.07) is -0.303. The van der Waals surface area contributed by atoms with Gasteiger partial charge in [0.1, 0.15) is 0 Å². The first-order chi connectivity index (χ1) is 8.50. The average molecular weight is 250 g/mol. The van der Waals surface area contributed by atoms with Crippen LogP contribution in [0, 0.1) is 6.92 Å². The molecule has 0 saturated heterocycles. The maximum atomic E-state index is 11.7. The molecule has 1 atom stereocenters. The summed E-state index contributed by atoms with van der Waals surface area (Å²) in [5, 5.41) is 9.88. The van der Waals surface area contributed by atoms with Crippen LogP contribution < -0.4 is 11.2 Å². The zero-order valence-corrected chi connectivity index (χ0v) is 10.1. The number of nitrogens with one attached hydrogen (secondary N) is 1. The maximum Gasteiger partial charge on any atom is 0.331 e. The Hall–Kier alpha value is -2.31. The summed E-state index contributed by atoms with van der Waals surface area (Å²) in [5.41, 5.74) is -1.05. The predicted molar refractivity (Wildman–Crippen MR) is 64.7 cm³/mol. The fraction of sp³-hybridized carbons (Fsp3) is 0.364. The van der Waals surface area contributed by atoms with Crippen molar-refractivity contribution in [3.63, 3.8) is 0 Å². The van der Waals surface area contributed by atoms with Crippen LogP contribution >= 0.6 is 0 Å². The molecule has 1 unspecified atom stereocenters. The van der Waals surface area contributed by atoms with Gasteiger partial charge in [0.15, 0.2) is 0 Å². The van der Waals surface area contributed by atoms with Crippen LogP contribution in [0.1, 0.15) is 18.5 Å². The lowest BCUT2D eigenvalue weighted by molar-refractivity contribution is 0.347. The van der Waals surface area contributed by atoms with Gasteiger partial charge in [0.05, 0.1) is 17.9 Å². The SMILES string of the molecule is Cc1c(O)n(C(C)Cn2ccnc2)c(=O)[nH]c1=O. The van der Waals surface area contributed by atoms with Crippen LogP contribution in [0.5, 0.6) is 5.88 Å². The maximum absolute atomic E-state index is 11.7. The molecule has 0 aliphatic heterocycles. The summed E-state index contributed by atoms with van der Waals surface area (Å²) in [5.74, 6) is -0.295. The van der Waals surface area contributed by atoms with Crippen molar-refractivity contribution in [2.45, 2.75) is 26.4 Å². The number of rotatable bonds is 3. The van der Waals surface area contributed by atoms with Crippen LogP contribution in [-0.4, -0.2) is 24.2 Å². The number of hydrogen-bond acceptors (Lipinski definition) is 4. The highest BCUT2D eigenvalue weighted by Crippen LogP contribution is 2.15. The number of aromatic nitrogens is 4. The van der Waals surface area contributed by atoms with E-state index in [1.165, 1.54) is 6.92 Å². The molecule has 2 N–H and O–H groups in total. The molecule has 2 rings (SSSR count). The van der Waals surface area contributed by atoms with Crippen molar-refractivity contribution in [1.29, 1.82) is 0 Å². The van der Waals surface area contributed by atoms with Gasteiger partial charge in [-0.3, -0.25) is 14.3 Å². The number of aromatic amines is 1. The first kappa shape index (κ1) is 12.2. The molecule has 0 bridgehead atoms. The molecule has 2 aromatic rings. The molecule has 96 valence electrons. The normalized spacial score (nSPS) is 12.6. The van der Waals surface area contributed by atoms with Gasteiger partial charge in [-0.15, -0.1) is 0 Å². The molecule has 0 aromatic carbocycles. The summed E-state index contributed by atoms with van der Waals surface area (Å²) < 4.78 is 2.95. The Labute approximate surface area is 102 Å².